The molecule has 0 amide bonds. The van der Waals surface area contributed by atoms with Crippen LogP contribution in [-0.2, 0) is 6.54 Å². The summed E-state index contributed by atoms with van der Waals surface area (Å²) in [5.74, 6) is 2.58. The molecule has 1 aliphatic rings. The molecule has 1 aromatic rings. The number of aromatic nitrogens is 2. The Labute approximate surface area is 116 Å². The van der Waals surface area contributed by atoms with Gasteiger partial charge in [-0.15, -0.1) is 5.10 Å². The van der Waals surface area contributed by atoms with E-state index < -0.39 is 0 Å². The molecule has 4 heteroatoms. The molecule has 106 valence electrons. The van der Waals surface area contributed by atoms with E-state index in [2.05, 4.69) is 53.3 Å². The standard InChI is InChI=1S/C15H26N4/c1-4-8-16-10-14-5-6-15(18-17-14)19-9-7-12(2)13(3)11-19/h5-6,12-13,16H,4,7-11H2,1-3H3. The van der Waals surface area contributed by atoms with Crippen molar-refractivity contribution in [1.82, 2.24) is 15.5 Å². The van der Waals surface area contributed by atoms with E-state index in [1.54, 1.807) is 0 Å². The Morgan fingerprint density at radius 3 is 2.74 bits per heavy atom. The number of rotatable bonds is 5. The topological polar surface area (TPSA) is 41.0 Å². The fourth-order valence-corrected chi connectivity index (χ4v) is 2.48. The van der Waals surface area contributed by atoms with E-state index in [-0.39, 0.29) is 0 Å². The predicted octanol–water partition coefficient (Wildman–Crippen LogP) is 2.46. The van der Waals surface area contributed by atoms with Crippen molar-refractivity contribution in [1.29, 1.82) is 0 Å². The molecule has 1 aromatic heterocycles. The Kier molecular flexibility index (Phi) is 5.14. The third-order valence-electron chi connectivity index (χ3n) is 4.10. The molecule has 1 saturated heterocycles. The largest absolute Gasteiger partial charge is 0.355 e. The predicted molar refractivity (Wildman–Crippen MR) is 79.2 cm³/mol. The number of hydrogen-bond acceptors (Lipinski definition) is 4. The van der Waals surface area contributed by atoms with E-state index in [0.717, 1.165) is 55.9 Å². The van der Waals surface area contributed by atoms with Crippen LogP contribution in [-0.4, -0.2) is 29.8 Å². The van der Waals surface area contributed by atoms with Crippen molar-refractivity contribution >= 4 is 5.82 Å². The lowest BCUT2D eigenvalue weighted by molar-refractivity contribution is 0.322. The van der Waals surface area contributed by atoms with Crippen molar-refractivity contribution in [2.45, 2.75) is 40.2 Å². The van der Waals surface area contributed by atoms with Gasteiger partial charge in [-0.25, -0.2) is 0 Å². The first kappa shape index (κ1) is 14.3. The van der Waals surface area contributed by atoms with Gasteiger partial charge in [0.05, 0.1) is 5.69 Å². The summed E-state index contributed by atoms with van der Waals surface area (Å²) >= 11 is 0. The van der Waals surface area contributed by atoms with Gasteiger partial charge in [-0.1, -0.05) is 20.8 Å². The van der Waals surface area contributed by atoms with E-state index in [4.69, 9.17) is 0 Å². The molecule has 0 saturated carbocycles. The van der Waals surface area contributed by atoms with Crippen LogP contribution in [0.1, 0.15) is 39.3 Å². The minimum absolute atomic E-state index is 0.737. The van der Waals surface area contributed by atoms with Gasteiger partial charge in [-0.05, 0) is 43.4 Å². The number of hydrogen-bond donors (Lipinski definition) is 1. The molecule has 1 aliphatic heterocycles. The van der Waals surface area contributed by atoms with Crippen LogP contribution in [0.25, 0.3) is 0 Å². The van der Waals surface area contributed by atoms with Crippen LogP contribution in [0.5, 0.6) is 0 Å². The Morgan fingerprint density at radius 1 is 1.26 bits per heavy atom. The summed E-state index contributed by atoms with van der Waals surface area (Å²) < 4.78 is 0. The summed E-state index contributed by atoms with van der Waals surface area (Å²) in [7, 11) is 0. The molecule has 2 unspecified atom stereocenters. The molecule has 0 bridgehead atoms. The second kappa shape index (κ2) is 6.85. The number of anilines is 1. The van der Waals surface area contributed by atoms with Crippen LogP contribution in [0, 0.1) is 11.8 Å². The summed E-state index contributed by atoms with van der Waals surface area (Å²) in [6, 6.07) is 4.20. The molecule has 2 heterocycles. The van der Waals surface area contributed by atoms with Gasteiger partial charge >= 0.3 is 0 Å². The maximum Gasteiger partial charge on any atom is 0.151 e. The van der Waals surface area contributed by atoms with Crippen molar-refractivity contribution in [3.05, 3.63) is 17.8 Å². The summed E-state index contributed by atoms with van der Waals surface area (Å²) in [6.45, 7) is 10.9. The quantitative estimate of drug-likeness (QED) is 0.828. The van der Waals surface area contributed by atoms with Gasteiger partial charge < -0.3 is 10.2 Å². The highest BCUT2D eigenvalue weighted by molar-refractivity contribution is 5.38. The second-order valence-electron chi connectivity index (χ2n) is 5.75. The highest BCUT2D eigenvalue weighted by Crippen LogP contribution is 2.25. The smallest absolute Gasteiger partial charge is 0.151 e. The lowest BCUT2D eigenvalue weighted by atomic mass is 9.89. The third-order valence-corrected chi connectivity index (χ3v) is 4.10. The van der Waals surface area contributed by atoms with Crippen molar-refractivity contribution in [3.8, 4) is 0 Å². The van der Waals surface area contributed by atoms with Crippen LogP contribution in [0.3, 0.4) is 0 Å². The van der Waals surface area contributed by atoms with Crippen LogP contribution in [0.15, 0.2) is 12.1 Å². The first-order chi connectivity index (χ1) is 9.20. The van der Waals surface area contributed by atoms with Gasteiger partial charge in [0.25, 0.3) is 0 Å². The third kappa shape index (κ3) is 3.90. The Hall–Kier alpha value is -1.16. The lowest BCUT2D eigenvalue weighted by Crippen LogP contribution is -2.39. The van der Waals surface area contributed by atoms with Gasteiger partial charge in [0.2, 0.25) is 0 Å². The van der Waals surface area contributed by atoms with E-state index in [0.29, 0.717) is 0 Å². The average Bonchev–Trinajstić information content (AvgIpc) is 2.43. The monoisotopic (exact) mass is 262 g/mol. The molecule has 2 rings (SSSR count). The lowest BCUT2D eigenvalue weighted by Gasteiger charge is -2.35. The van der Waals surface area contributed by atoms with Crippen LogP contribution >= 0.6 is 0 Å². The summed E-state index contributed by atoms with van der Waals surface area (Å²) in [6.07, 6.45) is 2.40. The summed E-state index contributed by atoms with van der Waals surface area (Å²) in [5.41, 5.74) is 1.02. The molecule has 2 atom stereocenters. The van der Waals surface area contributed by atoms with Crippen molar-refractivity contribution < 1.29 is 0 Å². The minimum atomic E-state index is 0.737. The zero-order valence-electron chi connectivity index (χ0n) is 12.4. The highest BCUT2D eigenvalue weighted by Gasteiger charge is 2.23. The summed E-state index contributed by atoms with van der Waals surface area (Å²) in [5, 5.41) is 12.0. The molecule has 4 nitrogen and oxygen atoms in total. The van der Waals surface area contributed by atoms with E-state index in [9.17, 15) is 0 Å². The Balaban J connectivity index is 1.91. The first-order valence-electron chi connectivity index (χ1n) is 7.49. The average molecular weight is 262 g/mol. The van der Waals surface area contributed by atoms with Gasteiger partial charge in [0.15, 0.2) is 5.82 Å². The van der Waals surface area contributed by atoms with Crippen molar-refractivity contribution in [2.75, 3.05) is 24.5 Å². The van der Waals surface area contributed by atoms with Gasteiger partial charge in [0, 0.05) is 19.6 Å². The van der Waals surface area contributed by atoms with E-state index in [1.165, 1.54) is 6.42 Å². The molecule has 0 spiro atoms. The molecular formula is C15H26N4. The molecule has 0 radical (unpaired) electrons. The first-order valence-corrected chi connectivity index (χ1v) is 7.49. The number of nitrogens with zero attached hydrogens (tertiary/aromatic N) is 3. The zero-order chi connectivity index (χ0) is 13.7. The normalized spacial score (nSPS) is 23.6. The van der Waals surface area contributed by atoms with Crippen LogP contribution < -0.4 is 10.2 Å². The SMILES string of the molecule is CCCNCc1ccc(N2CCC(C)C(C)C2)nn1. The molecule has 0 aromatic carbocycles. The van der Waals surface area contributed by atoms with Crippen LogP contribution in [0.2, 0.25) is 0 Å². The van der Waals surface area contributed by atoms with E-state index in [1.807, 2.05) is 0 Å². The van der Waals surface area contributed by atoms with Gasteiger partial charge in [-0.2, -0.15) is 5.10 Å². The molecule has 0 aliphatic carbocycles. The van der Waals surface area contributed by atoms with Crippen molar-refractivity contribution in [2.24, 2.45) is 11.8 Å². The van der Waals surface area contributed by atoms with Crippen LogP contribution in [0.4, 0.5) is 5.82 Å². The second-order valence-corrected chi connectivity index (χ2v) is 5.75. The molecule has 1 fully saturated rings. The van der Waals surface area contributed by atoms with Crippen molar-refractivity contribution in [3.63, 3.8) is 0 Å². The fourth-order valence-electron chi connectivity index (χ4n) is 2.48. The number of piperidine rings is 1. The Bertz CT molecular complexity index is 376. The fraction of sp³-hybridized carbons (Fsp3) is 0.733. The minimum Gasteiger partial charge on any atom is -0.355 e. The maximum absolute atomic E-state index is 4.38. The van der Waals surface area contributed by atoms with Gasteiger partial charge in [-0.3, -0.25) is 0 Å². The molecule has 1 N–H and O–H groups in total. The van der Waals surface area contributed by atoms with Gasteiger partial charge in [0.1, 0.15) is 0 Å². The highest BCUT2D eigenvalue weighted by atomic mass is 15.3. The number of nitrogens with one attached hydrogen (secondary N) is 1. The Morgan fingerprint density at radius 2 is 2.11 bits per heavy atom. The summed E-state index contributed by atoms with van der Waals surface area (Å²) in [4.78, 5) is 2.36. The molecule has 19 heavy (non-hydrogen) atoms. The molecular weight excluding hydrogens is 236 g/mol. The van der Waals surface area contributed by atoms with E-state index >= 15 is 0 Å². The maximum atomic E-state index is 4.38. The zero-order valence-corrected chi connectivity index (χ0v) is 12.4.